The number of hydrogen-bond donors (Lipinski definition) is 1. The SMILES string of the molecule is CCCCOCCCn1c(=O)[nH]c(Cl)c(CCC)c1=O. The predicted octanol–water partition coefficient (Wildman–Crippen LogP) is 2.35. The molecule has 0 aliphatic heterocycles. The van der Waals surface area contributed by atoms with Crippen LogP contribution in [0.4, 0.5) is 0 Å². The molecule has 6 heteroatoms. The Balaban J connectivity index is 2.68. The lowest BCUT2D eigenvalue weighted by atomic mass is 10.2. The highest BCUT2D eigenvalue weighted by molar-refractivity contribution is 6.30. The Morgan fingerprint density at radius 3 is 2.50 bits per heavy atom. The monoisotopic (exact) mass is 302 g/mol. The van der Waals surface area contributed by atoms with E-state index >= 15 is 0 Å². The first kappa shape index (κ1) is 17.0. The number of ether oxygens (including phenoxy) is 1. The highest BCUT2D eigenvalue weighted by Gasteiger charge is 2.11. The Hall–Kier alpha value is -1.07. The molecule has 1 rings (SSSR count). The van der Waals surface area contributed by atoms with Crippen molar-refractivity contribution in [1.29, 1.82) is 0 Å². The molecule has 0 amide bonds. The number of nitrogens with zero attached hydrogens (tertiary/aromatic N) is 1. The van der Waals surface area contributed by atoms with E-state index < -0.39 is 5.69 Å². The molecule has 0 atom stereocenters. The summed E-state index contributed by atoms with van der Waals surface area (Å²) < 4.78 is 6.63. The second kappa shape index (κ2) is 8.97. The lowest BCUT2D eigenvalue weighted by Crippen LogP contribution is -2.37. The highest BCUT2D eigenvalue weighted by atomic mass is 35.5. The third-order valence-corrected chi connectivity index (χ3v) is 3.37. The third kappa shape index (κ3) is 4.80. The van der Waals surface area contributed by atoms with Crippen molar-refractivity contribution < 1.29 is 4.74 Å². The average molecular weight is 303 g/mol. The second-order valence-corrected chi connectivity index (χ2v) is 5.13. The molecule has 0 saturated carbocycles. The number of aromatic amines is 1. The van der Waals surface area contributed by atoms with Gasteiger partial charge in [0, 0.05) is 19.8 Å². The quantitative estimate of drug-likeness (QED) is 0.562. The summed E-state index contributed by atoms with van der Waals surface area (Å²) in [5.41, 5.74) is -0.247. The van der Waals surface area contributed by atoms with E-state index in [1.54, 1.807) is 0 Å². The maximum atomic E-state index is 12.2. The van der Waals surface area contributed by atoms with Crippen molar-refractivity contribution in [3.05, 3.63) is 31.6 Å². The van der Waals surface area contributed by atoms with Crippen LogP contribution < -0.4 is 11.2 Å². The number of aromatic nitrogens is 2. The van der Waals surface area contributed by atoms with E-state index in [0.29, 0.717) is 31.6 Å². The highest BCUT2D eigenvalue weighted by Crippen LogP contribution is 2.08. The normalized spacial score (nSPS) is 10.9. The topological polar surface area (TPSA) is 64.1 Å². The van der Waals surface area contributed by atoms with Gasteiger partial charge in [-0.25, -0.2) is 4.79 Å². The van der Waals surface area contributed by atoms with Gasteiger partial charge in [0.1, 0.15) is 5.15 Å². The minimum Gasteiger partial charge on any atom is -0.381 e. The molecule has 0 saturated heterocycles. The van der Waals surface area contributed by atoms with Gasteiger partial charge in [-0.15, -0.1) is 0 Å². The van der Waals surface area contributed by atoms with Gasteiger partial charge in [-0.2, -0.15) is 0 Å². The van der Waals surface area contributed by atoms with Crippen LogP contribution in [0.1, 0.15) is 45.1 Å². The summed E-state index contributed by atoms with van der Waals surface area (Å²) in [5, 5.41) is 0.164. The number of halogens is 1. The molecular weight excluding hydrogens is 280 g/mol. The minimum absolute atomic E-state index is 0.164. The van der Waals surface area contributed by atoms with Gasteiger partial charge in [0.25, 0.3) is 5.56 Å². The summed E-state index contributed by atoms with van der Waals surface area (Å²) in [6.45, 7) is 5.70. The summed E-state index contributed by atoms with van der Waals surface area (Å²) >= 11 is 5.91. The molecule has 114 valence electrons. The summed E-state index contributed by atoms with van der Waals surface area (Å²) in [5.74, 6) is 0. The van der Waals surface area contributed by atoms with Crippen LogP contribution in [-0.2, 0) is 17.7 Å². The summed E-state index contributed by atoms with van der Waals surface area (Å²) in [6, 6.07) is 0. The molecule has 0 radical (unpaired) electrons. The van der Waals surface area contributed by atoms with E-state index in [1.165, 1.54) is 4.57 Å². The zero-order valence-corrected chi connectivity index (χ0v) is 13.0. The van der Waals surface area contributed by atoms with Crippen molar-refractivity contribution in [3.63, 3.8) is 0 Å². The van der Waals surface area contributed by atoms with Crippen LogP contribution in [0.3, 0.4) is 0 Å². The van der Waals surface area contributed by atoms with Gasteiger partial charge in [-0.1, -0.05) is 38.3 Å². The molecule has 0 aliphatic carbocycles. The zero-order valence-electron chi connectivity index (χ0n) is 12.2. The Bertz CT molecular complexity index is 522. The molecule has 1 N–H and O–H groups in total. The maximum absolute atomic E-state index is 12.2. The van der Waals surface area contributed by atoms with Crippen molar-refractivity contribution in [3.8, 4) is 0 Å². The predicted molar refractivity (Wildman–Crippen MR) is 80.7 cm³/mol. The summed E-state index contributed by atoms with van der Waals surface area (Å²) in [7, 11) is 0. The summed E-state index contributed by atoms with van der Waals surface area (Å²) in [6.07, 6.45) is 4.14. The lowest BCUT2D eigenvalue weighted by Gasteiger charge is -2.08. The molecule has 1 aromatic heterocycles. The molecule has 1 aromatic rings. The summed E-state index contributed by atoms with van der Waals surface area (Å²) in [4.78, 5) is 26.5. The Kier molecular flexibility index (Phi) is 7.62. The van der Waals surface area contributed by atoms with Crippen LogP contribution in [0, 0.1) is 0 Å². The van der Waals surface area contributed by atoms with Crippen molar-refractivity contribution in [2.75, 3.05) is 13.2 Å². The van der Waals surface area contributed by atoms with Crippen LogP contribution in [0.15, 0.2) is 9.59 Å². The molecule has 0 bridgehead atoms. The number of unbranched alkanes of at least 4 members (excludes halogenated alkanes) is 1. The van der Waals surface area contributed by atoms with Crippen LogP contribution in [0.5, 0.6) is 0 Å². The van der Waals surface area contributed by atoms with Crippen LogP contribution in [0.25, 0.3) is 0 Å². The van der Waals surface area contributed by atoms with E-state index in [0.717, 1.165) is 25.9 Å². The van der Waals surface area contributed by atoms with E-state index in [4.69, 9.17) is 16.3 Å². The zero-order chi connectivity index (χ0) is 15.0. The fourth-order valence-electron chi connectivity index (χ4n) is 1.93. The van der Waals surface area contributed by atoms with Gasteiger partial charge in [-0.05, 0) is 19.3 Å². The number of nitrogens with one attached hydrogen (secondary N) is 1. The number of H-pyrrole nitrogens is 1. The fraction of sp³-hybridized carbons (Fsp3) is 0.714. The number of hydrogen-bond acceptors (Lipinski definition) is 3. The van der Waals surface area contributed by atoms with Gasteiger partial charge in [-0.3, -0.25) is 14.3 Å². The number of rotatable bonds is 9. The fourth-order valence-corrected chi connectivity index (χ4v) is 2.18. The smallest absolute Gasteiger partial charge is 0.329 e. The first-order valence-corrected chi connectivity index (χ1v) is 7.58. The Morgan fingerprint density at radius 1 is 1.15 bits per heavy atom. The minimum atomic E-state index is -0.451. The molecule has 0 aromatic carbocycles. The van der Waals surface area contributed by atoms with Crippen molar-refractivity contribution in [2.45, 2.75) is 52.5 Å². The van der Waals surface area contributed by atoms with Gasteiger partial charge >= 0.3 is 5.69 Å². The van der Waals surface area contributed by atoms with Crippen LogP contribution in [0.2, 0.25) is 5.15 Å². The van der Waals surface area contributed by atoms with Crippen molar-refractivity contribution in [1.82, 2.24) is 9.55 Å². The Morgan fingerprint density at radius 2 is 1.85 bits per heavy atom. The molecule has 0 unspecified atom stereocenters. The van der Waals surface area contributed by atoms with Crippen molar-refractivity contribution >= 4 is 11.6 Å². The van der Waals surface area contributed by atoms with E-state index in [-0.39, 0.29) is 10.7 Å². The standard InChI is InChI=1S/C14H23ClN2O3/c1-3-5-9-20-10-6-8-17-13(18)11(7-4-2)12(15)16-14(17)19/h3-10H2,1-2H3,(H,16,19). The van der Waals surface area contributed by atoms with Gasteiger partial charge in [0.15, 0.2) is 0 Å². The van der Waals surface area contributed by atoms with Gasteiger partial charge in [0.2, 0.25) is 0 Å². The van der Waals surface area contributed by atoms with E-state index in [1.807, 2.05) is 6.92 Å². The van der Waals surface area contributed by atoms with Crippen molar-refractivity contribution in [2.24, 2.45) is 0 Å². The van der Waals surface area contributed by atoms with E-state index in [9.17, 15) is 9.59 Å². The molecule has 1 heterocycles. The van der Waals surface area contributed by atoms with Gasteiger partial charge < -0.3 is 4.74 Å². The molecule has 0 fully saturated rings. The average Bonchev–Trinajstić information content (AvgIpc) is 2.41. The largest absolute Gasteiger partial charge is 0.381 e. The molecule has 5 nitrogen and oxygen atoms in total. The molecule has 0 spiro atoms. The maximum Gasteiger partial charge on any atom is 0.329 e. The molecule has 0 aliphatic rings. The lowest BCUT2D eigenvalue weighted by molar-refractivity contribution is 0.125. The third-order valence-electron chi connectivity index (χ3n) is 3.04. The van der Waals surface area contributed by atoms with E-state index in [2.05, 4.69) is 11.9 Å². The van der Waals surface area contributed by atoms with Gasteiger partial charge in [0.05, 0.1) is 5.56 Å². The Labute approximate surface area is 123 Å². The van der Waals surface area contributed by atoms with Crippen LogP contribution >= 0.6 is 11.6 Å². The first-order chi connectivity index (χ1) is 9.61. The second-order valence-electron chi connectivity index (χ2n) is 4.75. The first-order valence-electron chi connectivity index (χ1n) is 7.21. The molecule has 20 heavy (non-hydrogen) atoms. The van der Waals surface area contributed by atoms with Crippen LogP contribution in [-0.4, -0.2) is 22.8 Å². The molecular formula is C14H23ClN2O3.